The zero-order chi connectivity index (χ0) is 16.1. The molecule has 1 unspecified atom stereocenters. The number of benzene rings is 2. The highest BCUT2D eigenvalue weighted by Crippen LogP contribution is 2.38. The Morgan fingerprint density at radius 1 is 0.957 bits per heavy atom. The number of hydrogen-bond donors (Lipinski definition) is 1. The third kappa shape index (κ3) is 3.84. The first kappa shape index (κ1) is 15.8. The Balaban J connectivity index is 1.90. The highest BCUT2D eigenvalue weighted by molar-refractivity contribution is 5.35. The standard InChI is InChI=1S/C19H23N3O/c1-22-14-12-19(23,13-15-22)18(16-8-4-2-5-9-16)21-20-17-10-6-3-7-11-17/h2-11,18,23H,12-15H2,1H3. The monoisotopic (exact) mass is 309 g/mol. The van der Waals surface area contributed by atoms with Crippen LogP contribution in [0.2, 0.25) is 0 Å². The molecule has 3 rings (SSSR count). The lowest BCUT2D eigenvalue weighted by molar-refractivity contribution is -0.0379. The smallest absolute Gasteiger partial charge is 0.125 e. The van der Waals surface area contributed by atoms with E-state index in [1.54, 1.807) is 0 Å². The quantitative estimate of drug-likeness (QED) is 0.869. The van der Waals surface area contributed by atoms with Crippen LogP contribution in [0.3, 0.4) is 0 Å². The maximum absolute atomic E-state index is 11.2. The van der Waals surface area contributed by atoms with Crippen LogP contribution in [-0.4, -0.2) is 35.7 Å². The second kappa shape index (κ2) is 7.02. The fourth-order valence-corrected chi connectivity index (χ4v) is 3.02. The molecule has 23 heavy (non-hydrogen) atoms. The molecule has 1 aliphatic heterocycles. The van der Waals surface area contributed by atoms with E-state index in [4.69, 9.17) is 0 Å². The molecular formula is C19H23N3O. The average Bonchev–Trinajstić information content (AvgIpc) is 2.60. The second-order valence-corrected chi connectivity index (χ2v) is 6.27. The fourth-order valence-electron chi connectivity index (χ4n) is 3.02. The van der Waals surface area contributed by atoms with Crippen molar-refractivity contribution in [3.8, 4) is 0 Å². The normalized spacial score (nSPS) is 19.7. The van der Waals surface area contributed by atoms with Crippen LogP contribution in [0.5, 0.6) is 0 Å². The molecule has 0 aromatic heterocycles. The van der Waals surface area contributed by atoms with Gasteiger partial charge in [-0.1, -0.05) is 48.5 Å². The summed E-state index contributed by atoms with van der Waals surface area (Å²) >= 11 is 0. The van der Waals surface area contributed by atoms with Crippen molar-refractivity contribution in [1.82, 2.24) is 4.90 Å². The molecule has 2 aromatic rings. The zero-order valence-electron chi connectivity index (χ0n) is 13.5. The van der Waals surface area contributed by atoms with Gasteiger partial charge >= 0.3 is 0 Å². The van der Waals surface area contributed by atoms with E-state index in [2.05, 4.69) is 22.2 Å². The lowest BCUT2D eigenvalue weighted by atomic mass is 9.81. The molecule has 1 N–H and O–H groups in total. The minimum absolute atomic E-state index is 0.336. The van der Waals surface area contributed by atoms with Crippen LogP contribution in [0.25, 0.3) is 0 Å². The summed E-state index contributed by atoms with van der Waals surface area (Å²) in [5.41, 5.74) is 0.982. The number of nitrogens with zero attached hydrogens (tertiary/aromatic N) is 3. The Hall–Kier alpha value is -2.04. The van der Waals surface area contributed by atoms with Crippen molar-refractivity contribution >= 4 is 5.69 Å². The van der Waals surface area contributed by atoms with Gasteiger partial charge in [-0.05, 0) is 37.6 Å². The Morgan fingerprint density at radius 2 is 1.52 bits per heavy atom. The van der Waals surface area contributed by atoms with E-state index in [1.165, 1.54) is 0 Å². The van der Waals surface area contributed by atoms with Crippen LogP contribution in [0.1, 0.15) is 24.4 Å². The Labute approximate surface area is 137 Å². The topological polar surface area (TPSA) is 48.2 Å². The van der Waals surface area contributed by atoms with E-state index < -0.39 is 5.60 Å². The molecule has 4 nitrogen and oxygen atoms in total. The van der Waals surface area contributed by atoms with Crippen molar-refractivity contribution in [2.45, 2.75) is 24.5 Å². The van der Waals surface area contributed by atoms with Crippen LogP contribution in [0, 0.1) is 0 Å². The Morgan fingerprint density at radius 3 is 2.13 bits per heavy atom. The molecule has 0 radical (unpaired) electrons. The molecule has 4 heteroatoms. The lowest BCUT2D eigenvalue weighted by Crippen LogP contribution is -2.46. The molecule has 0 bridgehead atoms. The van der Waals surface area contributed by atoms with Crippen LogP contribution in [0.4, 0.5) is 5.69 Å². The molecule has 0 aliphatic carbocycles. The molecule has 1 heterocycles. The number of aliphatic hydroxyl groups is 1. The summed E-state index contributed by atoms with van der Waals surface area (Å²) in [6, 6.07) is 19.3. The Bertz CT molecular complexity index is 634. The van der Waals surface area contributed by atoms with Crippen LogP contribution < -0.4 is 0 Å². The minimum atomic E-state index is -0.841. The van der Waals surface area contributed by atoms with Gasteiger partial charge in [0.1, 0.15) is 6.04 Å². The van der Waals surface area contributed by atoms with Crippen molar-refractivity contribution in [3.63, 3.8) is 0 Å². The van der Waals surface area contributed by atoms with Gasteiger partial charge in [0.25, 0.3) is 0 Å². The van der Waals surface area contributed by atoms with Crippen molar-refractivity contribution in [2.24, 2.45) is 10.2 Å². The first-order valence-corrected chi connectivity index (χ1v) is 8.09. The summed E-state index contributed by atoms with van der Waals surface area (Å²) in [5.74, 6) is 0. The molecular weight excluding hydrogens is 286 g/mol. The third-order valence-corrected chi connectivity index (χ3v) is 4.52. The molecule has 120 valence electrons. The van der Waals surface area contributed by atoms with Crippen molar-refractivity contribution in [3.05, 3.63) is 66.2 Å². The van der Waals surface area contributed by atoms with Gasteiger partial charge < -0.3 is 10.0 Å². The largest absolute Gasteiger partial charge is 0.387 e. The van der Waals surface area contributed by atoms with Gasteiger partial charge in [-0.2, -0.15) is 10.2 Å². The maximum Gasteiger partial charge on any atom is 0.125 e. The third-order valence-electron chi connectivity index (χ3n) is 4.52. The maximum atomic E-state index is 11.2. The summed E-state index contributed by atoms with van der Waals surface area (Å²) in [5, 5.41) is 20.1. The Kier molecular flexibility index (Phi) is 4.84. The predicted molar refractivity (Wildman–Crippen MR) is 91.8 cm³/mol. The number of piperidine rings is 1. The molecule has 1 atom stereocenters. The number of azo groups is 1. The summed E-state index contributed by atoms with van der Waals surface area (Å²) in [6.07, 6.45) is 1.41. The van der Waals surface area contributed by atoms with Gasteiger partial charge in [-0.3, -0.25) is 0 Å². The van der Waals surface area contributed by atoms with Crippen LogP contribution >= 0.6 is 0 Å². The van der Waals surface area contributed by atoms with E-state index >= 15 is 0 Å². The van der Waals surface area contributed by atoms with E-state index in [-0.39, 0.29) is 6.04 Å². The van der Waals surface area contributed by atoms with Gasteiger partial charge in [0.05, 0.1) is 11.3 Å². The lowest BCUT2D eigenvalue weighted by Gasteiger charge is -2.40. The van der Waals surface area contributed by atoms with Gasteiger partial charge in [-0.15, -0.1) is 0 Å². The summed E-state index contributed by atoms with van der Waals surface area (Å²) in [7, 11) is 2.09. The van der Waals surface area contributed by atoms with Gasteiger partial charge in [-0.25, -0.2) is 0 Å². The molecule has 1 fully saturated rings. The van der Waals surface area contributed by atoms with E-state index in [1.807, 2.05) is 60.7 Å². The number of hydrogen-bond acceptors (Lipinski definition) is 4. The van der Waals surface area contributed by atoms with Gasteiger partial charge in [0.15, 0.2) is 0 Å². The highest BCUT2D eigenvalue weighted by Gasteiger charge is 2.40. The van der Waals surface area contributed by atoms with Gasteiger partial charge in [0.2, 0.25) is 0 Å². The number of likely N-dealkylation sites (tertiary alicyclic amines) is 1. The summed E-state index contributed by atoms with van der Waals surface area (Å²) in [6.45, 7) is 1.75. The highest BCUT2D eigenvalue weighted by atomic mass is 16.3. The first-order valence-electron chi connectivity index (χ1n) is 8.09. The minimum Gasteiger partial charge on any atom is -0.387 e. The molecule has 0 amide bonds. The fraction of sp³-hybridized carbons (Fsp3) is 0.368. The molecule has 0 spiro atoms. The molecule has 1 aliphatic rings. The van der Waals surface area contributed by atoms with Crippen LogP contribution in [0.15, 0.2) is 70.9 Å². The average molecular weight is 309 g/mol. The van der Waals surface area contributed by atoms with Gasteiger partial charge in [0, 0.05) is 13.1 Å². The molecule has 0 saturated carbocycles. The predicted octanol–water partition coefficient (Wildman–Crippen LogP) is 3.97. The summed E-state index contributed by atoms with van der Waals surface area (Å²) in [4.78, 5) is 2.24. The summed E-state index contributed by atoms with van der Waals surface area (Å²) < 4.78 is 0. The van der Waals surface area contributed by atoms with E-state index in [0.29, 0.717) is 12.8 Å². The zero-order valence-corrected chi connectivity index (χ0v) is 13.5. The van der Waals surface area contributed by atoms with Crippen LogP contribution in [-0.2, 0) is 0 Å². The van der Waals surface area contributed by atoms with Crippen molar-refractivity contribution in [2.75, 3.05) is 20.1 Å². The van der Waals surface area contributed by atoms with Crippen molar-refractivity contribution in [1.29, 1.82) is 0 Å². The number of rotatable bonds is 4. The first-order chi connectivity index (χ1) is 11.2. The van der Waals surface area contributed by atoms with E-state index in [9.17, 15) is 5.11 Å². The van der Waals surface area contributed by atoms with Crippen molar-refractivity contribution < 1.29 is 5.11 Å². The molecule has 1 saturated heterocycles. The molecule has 2 aromatic carbocycles. The second-order valence-electron chi connectivity index (χ2n) is 6.27. The van der Waals surface area contributed by atoms with E-state index in [0.717, 1.165) is 24.3 Å². The SMILES string of the molecule is CN1CCC(O)(C(N=Nc2ccccc2)c2ccccc2)CC1.